The Balaban J connectivity index is 2.48. The number of imidazole rings is 1. The Labute approximate surface area is 114 Å². The Kier molecular flexibility index (Phi) is 4.14. The predicted molar refractivity (Wildman–Crippen MR) is 72.8 cm³/mol. The number of aryl methyl sites for hydroxylation is 1. The minimum absolute atomic E-state index is 0.229. The molecular weight excluding hydrogens is 297 g/mol. The van der Waals surface area contributed by atoms with Crippen LogP contribution in [0.2, 0.25) is 0 Å². The van der Waals surface area contributed by atoms with E-state index in [2.05, 4.69) is 26.2 Å². The Morgan fingerprint density at radius 1 is 1.50 bits per heavy atom. The van der Waals surface area contributed by atoms with E-state index in [1.807, 2.05) is 24.7 Å². The van der Waals surface area contributed by atoms with Crippen LogP contribution < -0.4 is 5.32 Å². The second-order valence-corrected chi connectivity index (χ2v) is 4.97. The summed E-state index contributed by atoms with van der Waals surface area (Å²) in [6, 6.07) is 4.71. The number of rotatable bonds is 4. The van der Waals surface area contributed by atoms with Crippen LogP contribution >= 0.6 is 15.9 Å². The molecule has 0 spiro atoms. The van der Waals surface area contributed by atoms with Gasteiger partial charge in [-0.2, -0.15) is 0 Å². The van der Waals surface area contributed by atoms with Gasteiger partial charge in [0.2, 0.25) is 0 Å². The molecule has 0 radical (unpaired) electrons. The Morgan fingerprint density at radius 2 is 2.28 bits per heavy atom. The summed E-state index contributed by atoms with van der Waals surface area (Å²) in [5, 5.41) is 3.27. The molecule has 0 aliphatic carbocycles. The number of halogens is 2. The maximum absolute atomic E-state index is 14.0. The lowest BCUT2D eigenvalue weighted by atomic mass is 10.1. The fraction of sp³-hybridized carbons (Fsp3) is 0.308. The number of hydrogen-bond acceptors (Lipinski definition) is 2. The first-order chi connectivity index (χ1) is 8.63. The molecule has 1 aromatic carbocycles. The third kappa shape index (κ3) is 2.62. The summed E-state index contributed by atoms with van der Waals surface area (Å²) in [7, 11) is 1.91. The molecule has 0 aliphatic heterocycles. The Hall–Kier alpha value is -1.20. The monoisotopic (exact) mass is 311 g/mol. The largest absolute Gasteiger partial charge is 0.336 e. The maximum atomic E-state index is 14.0. The lowest BCUT2D eigenvalue weighted by Gasteiger charge is -2.19. The molecule has 5 heteroatoms. The number of hydrogen-bond donors (Lipinski definition) is 1. The summed E-state index contributed by atoms with van der Waals surface area (Å²) in [6.07, 6.45) is 3.57. The van der Waals surface area contributed by atoms with Crippen LogP contribution in [-0.4, -0.2) is 16.1 Å². The van der Waals surface area contributed by atoms with Crippen molar-refractivity contribution in [3.8, 4) is 0 Å². The molecule has 2 rings (SSSR count). The van der Waals surface area contributed by atoms with E-state index in [0.29, 0.717) is 5.56 Å². The van der Waals surface area contributed by atoms with Crippen LogP contribution in [0.25, 0.3) is 0 Å². The van der Waals surface area contributed by atoms with Crippen LogP contribution in [0.15, 0.2) is 35.1 Å². The van der Waals surface area contributed by atoms with Crippen molar-refractivity contribution < 1.29 is 4.39 Å². The number of nitrogens with one attached hydrogen (secondary N) is 1. The number of benzene rings is 1. The molecule has 1 unspecified atom stereocenters. The molecule has 96 valence electrons. The van der Waals surface area contributed by atoms with Gasteiger partial charge in [-0.05, 0) is 24.7 Å². The molecule has 2 aromatic rings. The fourth-order valence-corrected chi connectivity index (χ4v) is 2.31. The summed E-state index contributed by atoms with van der Waals surface area (Å²) in [6.45, 7) is 2.73. The third-order valence-corrected chi connectivity index (χ3v) is 3.29. The van der Waals surface area contributed by atoms with Crippen LogP contribution in [0.4, 0.5) is 4.39 Å². The standard InChI is InChI=1S/C13H15BrFN3/c1-3-16-12(13-17-6-7-18(13)2)10-8-9(14)4-5-11(10)15/h4-8,12,16H,3H2,1-2H3. The summed E-state index contributed by atoms with van der Waals surface area (Å²) >= 11 is 3.38. The van der Waals surface area contributed by atoms with Crippen LogP contribution in [0, 0.1) is 5.82 Å². The topological polar surface area (TPSA) is 29.9 Å². The molecule has 1 N–H and O–H groups in total. The Morgan fingerprint density at radius 3 is 2.89 bits per heavy atom. The summed E-state index contributed by atoms with van der Waals surface area (Å²) in [4.78, 5) is 4.30. The number of aromatic nitrogens is 2. The van der Waals surface area contributed by atoms with Crippen molar-refractivity contribution in [2.24, 2.45) is 7.05 Å². The Bertz CT molecular complexity index is 539. The third-order valence-electron chi connectivity index (χ3n) is 2.79. The highest BCUT2D eigenvalue weighted by atomic mass is 79.9. The van der Waals surface area contributed by atoms with Gasteiger partial charge in [-0.3, -0.25) is 0 Å². The van der Waals surface area contributed by atoms with Gasteiger partial charge in [-0.1, -0.05) is 22.9 Å². The van der Waals surface area contributed by atoms with Gasteiger partial charge in [0.05, 0.1) is 6.04 Å². The van der Waals surface area contributed by atoms with Crippen molar-refractivity contribution in [3.05, 3.63) is 52.3 Å². The van der Waals surface area contributed by atoms with E-state index in [0.717, 1.165) is 16.8 Å². The van der Waals surface area contributed by atoms with Gasteiger partial charge >= 0.3 is 0 Å². The van der Waals surface area contributed by atoms with Gasteiger partial charge in [-0.25, -0.2) is 9.37 Å². The van der Waals surface area contributed by atoms with Gasteiger partial charge in [0.1, 0.15) is 11.6 Å². The molecule has 0 bridgehead atoms. The van der Waals surface area contributed by atoms with Crippen LogP contribution in [0.5, 0.6) is 0 Å². The minimum atomic E-state index is -0.243. The van der Waals surface area contributed by atoms with E-state index in [9.17, 15) is 4.39 Å². The zero-order chi connectivity index (χ0) is 13.1. The average molecular weight is 312 g/mol. The van der Waals surface area contributed by atoms with E-state index in [-0.39, 0.29) is 11.9 Å². The quantitative estimate of drug-likeness (QED) is 0.940. The van der Waals surface area contributed by atoms with Gasteiger partial charge in [0.25, 0.3) is 0 Å². The molecule has 3 nitrogen and oxygen atoms in total. The van der Waals surface area contributed by atoms with E-state index < -0.39 is 0 Å². The second-order valence-electron chi connectivity index (χ2n) is 4.05. The zero-order valence-corrected chi connectivity index (χ0v) is 11.9. The first kappa shape index (κ1) is 13.2. The van der Waals surface area contributed by atoms with Crippen molar-refractivity contribution in [1.82, 2.24) is 14.9 Å². The van der Waals surface area contributed by atoms with Gasteiger partial charge in [0, 0.05) is 29.5 Å². The second kappa shape index (κ2) is 5.63. The van der Waals surface area contributed by atoms with E-state index >= 15 is 0 Å². The first-order valence-corrected chi connectivity index (χ1v) is 6.58. The molecule has 1 heterocycles. The van der Waals surface area contributed by atoms with E-state index in [4.69, 9.17) is 0 Å². The van der Waals surface area contributed by atoms with Gasteiger partial charge < -0.3 is 9.88 Å². The number of nitrogens with zero attached hydrogens (tertiary/aromatic N) is 2. The lowest BCUT2D eigenvalue weighted by molar-refractivity contribution is 0.532. The van der Waals surface area contributed by atoms with Crippen molar-refractivity contribution in [1.29, 1.82) is 0 Å². The normalized spacial score (nSPS) is 12.7. The highest BCUT2D eigenvalue weighted by molar-refractivity contribution is 9.10. The van der Waals surface area contributed by atoms with Crippen molar-refractivity contribution in [3.63, 3.8) is 0 Å². The molecule has 18 heavy (non-hydrogen) atoms. The summed E-state index contributed by atoms with van der Waals surface area (Å²) in [5.41, 5.74) is 0.598. The van der Waals surface area contributed by atoms with Crippen molar-refractivity contribution in [2.75, 3.05) is 6.54 Å². The van der Waals surface area contributed by atoms with E-state index in [1.54, 1.807) is 18.3 Å². The minimum Gasteiger partial charge on any atom is -0.336 e. The predicted octanol–water partition coefficient (Wildman–Crippen LogP) is 3.02. The molecule has 1 aromatic heterocycles. The van der Waals surface area contributed by atoms with Gasteiger partial charge in [0.15, 0.2) is 0 Å². The smallest absolute Gasteiger partial charge is 0.130 e. The molecule has 1 atom stereocenters. The van der Waals surface area contributed by atoms with Crippen LogP contribution in [-0.2, 0) is 7.05 Å². The summed E-state index contributed by atoms with van der Waals surface area (Å²) in [5.74, 6) is 0.570. The SMILES string of the molecule is CCNC(c1cc(Br)ccc1F)c1nccn1C. The molecule has 0 saturated heterocycles. The lowest BCUT2D eigenvalue weighted by Crippen LogP contribution is -2.25. The first-order valence-electron chi connectivity index (χ1n) is 5.79. The van der Waals surface area contributed by atoms with Crippen LogP contribution in [0.1, 0.15) is 24.4 Å². The maximum Gasteiger partial charge on any atom is 0.130 e. The van der Waals surface area contributed by atoms with Crippen molar-refractivity contribution in [2.45, 2.75) is 13.0 Å². The highest BCUT2D eigenvalue weighted by Gasteiger charge is 2.20. The highest BCUT2D eigenvalue weighted by Crippen LogP contribution is 2.26. The van der Waals surface area contributed by atoms with Gasteiger partial charge in [-0.15, -0.1) is 0 Å². The van der Waals surface area contributed by atoms with Crippen molar-refractivity contribution >= 4 is 15.9 Å². The summed E-state index contributed by atoms with van der Waals surface area (Å²) < 4.78 is 16.7. The molecule has 0 fully saturated rings. The fourth-order valence-electron chi connectivity index (χ4n) is 1.94. The zero-order valence-electron chi connectivity index (χ0n) is 10.3. The molecule has 0 saturated carbocycles. The average Bonchev–Trinajstić information content (AvgIpc) is 2.76. The molecule has 0 amide bonds. The molecule has 0 aliphatic rings. The molecular formula is C13H15BrFN3. The van der Waals surface area contributed by atoms with E-state index in [1.165, 1.54) is 6.07 Å². The van der Waals surface area contributed by atoms with Crippen LogP contribution in [0.3, 0.4) is 0 Å².